The van der Waals surface area contributed by atoms with E-state index in [4.69, 9.17) is 14.2 Å². The number of halogens is 1. The SMILES string of the molecule is C=CCC(NC(=O)[C@@H]1CCCN1C(=O)[C@@H](NC(=O)OC1C[C@H]1CCCCCc1c(OCCCNC2CCOCC2)c2ccccc2[nH]c1=O)C(C)(C)C)([I-]C)C(=O)NS(=C)(=O)C1(C)CC1. The van der Waals surface area contributed by atoms with Crippen LogP contribution in [0.25, 0.3) is 10.9 Å². The van der Waals surface area contributed by atoms with Crippen LogP contribution in [0.15, 0.2) is 41.7 Å². The number of aromatic nitrogens is 1. The van der Waals surface area contributed by atoms with Gasteiger partial charge in [-0.3, -0.25) is 4.79 Å². The fourth-order valence-corrected chi connectivity index (χ4v) is 12.4. The molecule has 2 saturated carbocycles. The summed E-state index contributed by atoms with van der Waals surface area (Å²) in [6, 6.07) is 6.39. The van der Waals surface area contributed by atoms with Crippen molar-refractivity contribution in [1.29, 1.82) is 0 Å². The second-order valence-corrected chi connectivity index (χ2v) is 25.0. The van der Waals surface area contributed by atoms with Gasteiger partial charge in [0.15, 0.2) is 0 Å². The van der Waals surface area contributed by atoms with E-state index in [1.165, 1.54) is 4.90 Å². The molecule has 6 rings (SSSR count). The number of rotatable bonds is 23. The third kappa shape index (κ3) is 12.9. The van der Waals surface area contributed by atoms with E-state index >= 15 is 0 Å². The van der Waals surface area contributed by atoms with Gasteiger partial charge < -0.3 is 19.8 Å². The molecule has 362 valence electrons. The Kier molecular flexibility index (Phi) is 17.1. The van der Waals surface area contributed by atoms with E-state index < -0.39 is 80.5 Å². The molecule has 65 heavy (non-hydrogen) atoms. The number of carbonyl (C=O) groups is 4. The second-order valence-electron chi connectivity index (χ2n) is 19.6. The van der Waals surface area contributed by atoms with E-state index in [9.17, 15) is 28.2 Å². The van der Waals surface area contributed by atoms with Crippen LogP contribution in [0.2, 0.25) is 0 Å². The Morgan fingerprint density at radius 3 is 2.52 bits per heavy atom. The van der Waals surface area contributed by atoms with Gasteiger partial charge in [-0.25, -0.2) is 0 Å². The van der Waals surface area contributed by atoms with Crippen molar-refractivity contribution in [2.75, 3.05) is 37.8 Å². The summed E-state index contributed by atoms with van der Waals surface area (Å²) in [6.07, 6.45) is 10.8. The molecule has 4 fully saturated rings. The predicted octanol–water partition coefficient (Wildman–Crippen LogP) is 2.10. The maximum absolute atomic E-state index is 14.3. The first-order valence-electron chi connectivity index (χ1n) is 23.4. The van der Waals surface area contributed by atoms with Gasteiger partial charge in [-0.15, -0.1) is 0 Å². The fraction of sp³-hybridized carbons (Fsp3) is 0.667. The Morgan fingerprint density at radius 2 is 1.83 bits per heavy atom. The van der Waals surface area contributed by atoms with Gasteiger partial charge in [-0.2, -0.15) is 0 Å². The van der Waals surface area contributed by atoms with Gasteiger partial charge in [0, 0.05) is 24.6 Å². The summed E-state index contributed by atoms with van der Waals surface area (Å²) in [7, 11) is -2.96. The van der Waals surface area contributed by atoms with Crippen molar-refractivity contribution in [2.45, 2.75) is 150 Å². The Balaban J connectivity index is 0.969. The first kappa shape index (κ1) is 50.7. The summed E-state index contributed by atoms with van der Waals surface area (Å²) in [5.41, 5.74) is 0.599. The molecule has 2 aliphatic heterocycles. The molecule has 6 atom stereocenters. The number of hydrogen-bond acceptors (Lipinski definition) is 10. The van der Waals surface area contributed by atoms with Gasteiger partial charge in [0.1, 0.15) is 5.75 Å². The van der Waals surface area contributed by atoms with Crippen LogP contribution in [-0.2, 0) is 40.0 Å². The van der Waals surface area contributed by atoms with E-state index in [2.05, 4.69) is 38.1 Å². The first-order valence-corrected chi connectivity index (χ1v) is 28.4. The number of ether oxygens (including phenoxy) is 3. The number of likely N-dealkylation sites (tertiary alicyclic amines) is 1. The molecule has 2 aromatic rings. The number of pyridine rings is 1. The van der Waals surface area contributed by atoms with Crippen molar-refractivity contribution >= 4 is 50.3 Å². The van der Waals surface area contributed by atoms with Crippen LogP contribution >= 0.6 is 0 Å². The van der Waals surface area contributed by atoms with Gasteiger partial charge in [0.05, 0.1) is 17.7 Å². The van der Waals surface area contributed by atoms with Crippen molar-refractivity contribution < 1.29 is 58.8 Å². The Bertz CT molecular complexity index is 2200. The third-order valence-corrected chi connectivity index (χ3v) is 19.0. The topological polar surface area (TPSA) is 197 Å². The van der Waals surface area contributed by atoms with E-state index in [0.717, 1.165) is 82.0 Å². The zero-order chi connectivity index (χ0) is 47.0. The minimum absolute atomic E-state index is 0.120. The van der Waals surface area contributed by atoms with Crippen LogP contribution in [0.1, 0.15) is 117 Å². The van der Waals surface area contributed by atoms with Crippen LogP contribution in [0.5, 0.6) is 5.75 Å². The monoisotopic (exact) mass is 1040 g/mol. The molecule has 0 bridgehead atoms. The van der Waals surface area contributed by atoms with Crippen LogP contribution in [0, 0.1) is 11.3 Å². The number of nitrogens with zero attached hydrogens (tertiary/aromatic N) is 1. The molecule has 3 heterocycles. The number of carbonyl (C=O) groups excluding carboxylic acids is 4. The number of benzene rings is 1. The standard InChI is InChI=1S/C48H72IN6O9S/c1-8-23-48(49-6,44(59)54-65(7,61)47(5)24-25-47)53-42(57)37-20-14-27-55(37)43(58)40(46(2,3)4)52-45(60)64-38-31-32(38)16-10-9-11-18-35-39(34-17-12-13-19-36(34)51-41(35)56)63-28-15-26-50-33-21-29-62-30-22-33/h8,12-13,17,19,32-33,37-38,40,50H,1,7,9-11,14-16,18,20-31H2,2-6H3,(H,51,56)(H,52,60)(H,53,57)(H,54,59,61)/q-1/t32-,37+,38?,40-,48?,65?/m1/s1. The fourth-order valence-electron chi connectivity index (χ4n) is 8.81. The molecule has 5 N–H and O–H groups in total. The van der Waals surface area contributed by atoms with Gasteiger partial charge in [-0.05, 0) is 57.2 Å². The molecule has 1 aromatic carbocycles. The number of alkyl carbamates (subject to hydrolysis) is 1. The number of para-hydroxylation sites is 1. The van der Waals surface area contributed by atoms with Crippen molar-refractivity contribution in [2.24, 2.45) is 11.3 Å². The predicted molar refractivity (Wildman–Crippen MR) is 251 cm³/mol. The Hall–Kier alpha value is -3.68. The molecule has 1 aromatic heterocycles. The summed E-state index contributed by atoms with van der Waals surface area (Å²) in [4.78, 5) is 75.1. The number of unbranched alkanes of at least 4 members (excludes halogenated alkanes) is 2. The third-order valence-electron chi connectivity index (χ3n) is 13.5. The zero-order valence-electron chi connectivity index (χ0n) is 39.0. The summed E-state index contributed by atoms with van der Waals surface area (Å²) in [6.45, 7) is 14.5. The van der Waals surface area contributed by atoms with Crippen LogP contribution < -0.4 is 52.2 Å². The quantitative estimate of drug-likeness (QED) is 0.0275. The van der Waals surface area contributed by atoms with Gasteiger partial charge in [0.2, 0.25) is 0 Å². The van der Waals surface area contributed by atoms with Crippen molar-refractivity contribution in [3.05, 3.63) is 52.8 Å². The summed E-state index contributed by atoms with van der Waals surface area (Å²) >= 11 is -0.990. The normalized spacial score (nSPS) is 22.8. The Labute approximate surface area is 395 Å². The summed E-state index contributed by atoms with van der Waals surface area (Å²) in [5, 5.41) is 10.3. The van der Waals surface area contributed by atoms with E-state index in [-0.39, 0.29) is 24.0 Å². The molecule has 3 unspecified atom stereocenters. The number of hydrogen-bond donors (Lipinski definition) is 5. The van der Waals surface area contributed by atoms with E-state index in [1.54, 1.807) is 6.08 Å². The molecule has 2 aliphatic carbocycles. The molecule has 0 spiro atoms. The zero-order valence-corrected chi connectivity index (χ0v) is 42.0. The molecular formula is C48H72IN6O9S-. The van der Waals surface area contributed by atoms with Gasteiger partial charge in [0.25, 0.3) is 5.56 Å². The van der Waals surface area contributed by atoms with Crippen LogP contribution in [-0.4, -0.2) is 114 Å². The Morgan fingerprint density at radius 1 is 1.09 bits per heavy atom. The van der Waals surface area contributed by atoms with E-state index in [0.29, 0.717) is 62.6 Å². The van der Waals surface area contributed by atoms with Crippen molar-refractivity contribution in [3.8, 4) is 5.75 Å². The molecule has 4 aliphatic rings. The number of aromatic amines is 1. The average Bonchev–Trinajstić information content (AvgIpc) is 4.15. The van der Waals surface area contributed by atoms with Crippen molar-refractivity contribution in [3.63, 3.8) is 0 Å². The second kappa shape index (κ2) is 22.0. The van der Waals surface area contributed by atoms with Crippen LogP contribution in [0.3, 0.4) is 0 Å². The molecule has 4 amide bonds. The number of nitrogens with one attached hydrogen (secondary N) is 5. The summed E-state index contributed by atoms with van der Waals surface area (Å²) in [5.74, 6) is 3.33. The molecular weight excluding hydrogens is 964 g/mol. The van der Waals surface area contributed by atoms with Gasteiger partial charge in [-0.1, -0.05) is 25.0 Å². The van der Waals surface area contributed by atoms with Crippen molar-refractivity contribution in [1.82, 2.24) is 30.6 Å². The molecule has 17 heteroatoms. The number of amides is 4. The number of H-pyrrole nitrogens is 1. The van der Waals surface area contributed by atoms with Crippen LogP contribution in [0.4, 0.5) is 4.79 Å². The van der Waals surface area contributed by atoms with Gasteiger partial charge >= 0.3 is 237 Å². The summed E-state index contributed by atoms with van der Waals surface area (Å²) < 4.78 is 31.8. The maximum atomic E-state index is 14.3. The minimum atomic E-state index is -2.96. The van der Waals surface area contributed by atoms with E-state index in [1.807, 2.05) is 56.9 Å². The average molecular weight is 1040 g/mol. The molecule has 2 saturated heterocycles. The first-order chi connectivity index (χ1) is 30.9. The number of fused-ring (bicyclic) bond motifs is 1. The molecule has 15 nitrogen and oxygen atoms in total. The number of alkyl halides is 2. The molecule has 0 radical (unpaired) electrons.